The third kappa shape index (κ3) is 4.41. The first kappa shape index (κ1) is 23.5. The first-order valence-electron chi connectivity index (χ1n) is 11.6. The number of nitrogens with zero attached hydrogens (tertiary/aromatic N) is 1. The Hall–Kier alpha value is -3.66. The molecule has 34 heavy (non-hydrogen) atoms. The van der Waals surface area contributed by atoms with Crippen LogP contribution in [0.3, 0.4) is 0 Å². The third-order valence-corrected chi connectivity index (χ3v) is 6.52. The fraction of sp³-hybridized carbons (Fsp3) is 0.267. The van der Waals surface area contributed by atoms with E-state index in [-0.39, 0.29) is 23.3 Å². The summed E-state index contributed by atoms with van der Waals surface area (Å²) in [7, 11) is 0. The summed E-state index contributed by atoms with van der Waals surface area (Å²) in [5, 5.41) is 11.2. The lowest BCUT2D eigenvalue weighted by Crippen LogP contribution is -2.29. The van der Waals surface area contributed by atoms with Crippen LogP contribution in [0.4, 0.5) is 0 Å². The van der Waals surface area contributed by atoms with Gasteiger partial charge in [-0.25, -0.2) is 0 Å². The molecule has 1 N–H and O–H groups in total. The lowest BCUT2D eigenvalue weighted by atomic mass is 9.85. The first-order valence-corrected chi connectivity index (χ1v) is 11.6. The quantitative estimate of drug-likeness (QED) is 0.290. The largest absolute Gasteiger partial charge is 0.507 e. The van der Waals surface area contributed by atoms with Crippen molar-refractivity contribution in [3.05, 3.63) is 112 Å². The molecule has 0 aromatic heterocycles. The Morgan fingerprint density at radius 2 is 1.56 bits per heavy atom. The van der Waals surface area contributed by atoms with Crippen LogP contribution in [0.5, 0.6) is 0 Å². The van der Waals surface area contributed by atoms with Crippen LogP contribution in [0.2, 0.25) is 0 Å². The van der Waals surface area contributed by atoms with E-state index < -0.39 is 17.7 Å². The van der Waals surface area contributed by atoms with Crippen molar-refractivity contribution in [3.63, 3.8) is 0 Å². The lowest BCUT2D eigenvalue weighted by Gasteiger charge is -2.27. The number of rotatable bonds is 4. The topological polar surface area (TPSA) is 57.6 Å². The molecule has 3 aromatic rings. The smallest absolute Gasteiger partial charge is 0.295 e. The lowest BCUT2D eigenvalue weighted by molar-refractivity contribution is -0.140. The van der Waals surface area contributed by atoms with E-state index in [0.29, 0.717) is 5.56 Å². The molecule has 1 atom stereocenters. The van der Waals surface area contributed by atoms with Gasteiger partial charge in [0.2, 0.25) is 0 Å². The maximum atomic E-state index is 13.3. The zero-order chi connectivity index (χ0) is 24.6. The molecule has 1 aliphatic rings. The van der Waals surface area contributed by atoms with E-state index in [1.165, 1.54) is 0 Å². The Kier molecular flexibility index (Phi) is 6.18. The van der Waals surface area contributed by atoms with Gasteiger partial charge in [-0.05, 0) is 41.5 Å². The molecule has 1 fully saturated rings. The van der Waals surface area contributed by atoms with Gasteiger partial charge in [-0.1, -0.05) is 99.1 Å². The second-order valence-corrected chi connectivity index (χ2v) is 10.1. The number of carbonyl (C=O) groups is 2. The molecule has 174 valence electrons. The zero-order valence-corrected chi connectivity index (χ0v) is 20.4. The molecule has 0 aliphatic carbocycles. The molecule has 4 nitrogen and oxygen atoms in total. The number of ketones is 1. The normalized spacial score (nSPS) is 17.9. The highest BCUT2D eigenvalue weighted by molar-refractivity contribution is 6.46. The fourth-order valence-corrected chi connectivity index (χ4v) is 4.46. The number of amides is 1. The highest BCUT2D eigenvalue weighted by Gasteiger charge is 2.46. The zero-order valence-electron chi connectivity index (χ0n) is 20.4. The highest BCUT2D eigenvalue weighted by atomic mass is 16.3. The average Bonchev–Trinajstić information content (AvgIpc) is 3.06. The van der Waals surface area contributed by atoms with E-state index in [2.05, 4.69) is 20.8 Å². The van der Waals surface area contributed by atoms with Crippen molar-refractivity contribution in [1.82, 2.24) is 4.90 Å². The third-order valence-electron chi connectivity index (χ3n) is 6.52. The van der Waals surface area contributed by atoms with Gasteiger partial charge in [-0.15, -0.1) is 0 Å². The molecule has 1 heterocycles. The van der Waals surface area contributed by atoms with Gasteiger partial charge in [0, 0.05) is 12.1 Å². The maximum absolute atomic E-state index is 13.3. The first-order chi connectivity index (χ1) is 16.1. The van der Waals surface area contributed by atoms with Crippen molar-refractivity contribution in [2.75, 3.05) is 0 Å². The van der Waals surface area contributed by atoms with Crippen LogP contribution in [0, 0.1) is 13.8 Å². The Bertz CT molecular complexity index is 1260. The summed E-state index contributed by atoms with van der Waals surface area (Å²) in [6, 6.07) is 22.4. The molecule has 4 heteroatoms. The Labute approximate surface area is 201 Å². The van der Waals surface area contributed by atoms with Gasteiger partial charge < -0.3 is 10.0 Å². The minimum absolute atomic E-state index is 0.0247. The molecular formula is C30H31NO3. The van der Waals surface area contributed by atoms with Crippen LogP contribution in [0.15, 0.2) is 78.4 Å². The van der Waals surface area contributed by atoms with E-state index in [9.17, 15) is 14.7 Å². The minimum atomic E-state index is -0.672. The van der Waals surface area contributed by atoms with Crippen LogP contribution < -0.4 is 0 Å². The number of Topliss-reactive ketones (excluding diaryl/α,β-unsaturated/α-hetero) is 1. The van der Waals surface area contributed by atoms with Crippen LogP contribution in [-0.2, 0) is 21.5 Å². The summed E-state index contributed by atoms with van der Waals surface area (Å²) in [5.74, 6) is -1.40. The highest BCUT2D eigenvalue weighted by Crippen LogP contribution is 2.41. The van der Waals surface area contributed by atoms with Gasteiger partial charge in [0.15, 0.2) is 0 Å². The monoisotopic (exact) mass is 453 g/mol. The van der Waals surface area contributed by atoms with E-state index in [4.69, 9.17) is 0 Å². The number of hydrogen-bond acceptors (Lipinski definition) is 3. The molecule has 0 bridgehead atoms. The van der Waals surface area contributed by atoms with Gasteiger partial charge in [0.05, 0.1) is 11.6 Å². The second-order valence-electron chi connectivity index (χ2n) is 10.1. The van der Waals surface area contributed by atoms with Crippen molar-refractivity contribution < 1.29 is 14.7 Å². The summed E-state index contributed by atoms with van der Waals surface area (Å²) in [5.41, 5.74) is 5.71. The van der Waals surface area contributed by atoms with E-state index >= 15 is 0 Å². The molecule has 1 unspecified atom stereocenters. The molecule has 4 rings (SSSR count). The molecule has 3 aromatic carbocycles. The molecule has 0 saturated carbocycles. The number of likely N-dealkylation sites (tertiary alicyclic amines) is 1. The number of carbonyl (C=O) groups excluding carboxylic acids is 2. The minimum Gasteiger partial charge on any atom is -0.507 e. The fourth-order valence-electron chi connectivity index (χ4n) is 4.46. The van der Waals surface area contributed by atoms with E-state index in [1.807, 2.05) is 62.4 Å². The predicted octanol–water partition coefficient (Wildman–Crippen LogP) is 6.22. The van der Waals surface area contributed by atoms with Crippen molar-refractivity contribution in [3.8, 4) is 0 Å². The van der Waals surface area contributed by atoms with Crippen LogP contribution in [0.1, 0.15) is 60.2 Å². The van der Waals surface area contributed by atoms with Crippen LogP contribution in [-0.4, -0.2) is 21.7 Å². The van der Waals surface area contributed by atoms with Crippen molar-refractivity contribution in [2.45, 2.75) is 52.6 Å². The predicted molar refractivity (Wildman–Crippen MR) is 135 cm³/mol. The average molecular weight is 454 g/mol. The van der Waals surface area contributed by atoms with E-state index in [0.717, 1.165) is 27.8 Å². The van der Waals surface area contributed by atoms with Gasteiger partial charge in [-0.3, -0.25) is 9.59 Å². The van der Waals surface area contributed by atoms with E-state index in [1.54, 1.807) is 29.2 Å². The number of hydrogen-bond donors (Lipinski definition) is 1. The van der Waals surface area contributed by atoms with Gasteiger partial charge in [-0.2, -0.15) is 0 Å². The number of benzene rings is 3. The maximum Gasteiger partial charge on any atom is 0.295 e. The van der Waals surface area contributed by atoms with Crippen molar-refractivity contribution in [1.29, 1.82) is 0 Å². The number of aliphatic hydroxyl groups is 1. The summed E-state index contributed by atoms with van der Waals surface area (Å²) < 4.78 is 0. The summed E-state index contributed by atoms with van der Waals surface area (Å²) in [6.45, 7) is 10.7. The molecule has 1 aliphatic heterocycles. The van der Waals surface area contributed by atoms with Gasteiger partial charge in [0.25, 0.3) is 11.7 Å². The van der Waals surface area contributed by atoms with Crippen molar-refractivity contribution in [2.24, 2.45) is 0 Å². The van der Waals surface area contributed by atoms with Gasteiger partial charge >= 0.3 is 0 Å². The summed E-state index contributed by atoms with van der Waals surface area (Å²) in [4.78, 5) is 28.2. The molecular weight excluding hydrogens is 422 g/mol. The molecule has 1 amide bonds. The second kappa shape index (κ2) is 8.94. The molecule has 1 saturated heterocycles. The molecule has 0 radical (unpaired) electrons. The summed E-state index contributed by atoms with van der Waals surface area (Å²) in [6.07, 6.45) is 0. The number of aryl methyl sites for hydroxylation is 2. The standard InChI is InChI=1S/C30H31NO3/c1-19-11-12-20(2)23(17-19)18-31-26(21-13-15-24(16-14-21)30(3,4)5)25(28(33)29(31)34)27(32)22-9-7-6-8-10-22/h6-17,26,32H,18H2,1-5H3/b27-25-. The Morgan fingerprint density at radius 1 is 0.912 bits per heavy atom. The molecule has 0 spiro atoms. The van der Waals surface area contributed by atoms with Crippen LogP contribution in [0.25, 0.3) is 5.76 Å². The SMILES string of the molecule is Cc1ccc(C)c(CN2C(=O)C(=O)/C(=C(\O)c3ccccc3)C2c2ccc(C(C)(C)C)cc2)c1. The Balaban J connectivity index is 1.87. The summed E-state index contributed by atoms with van der Waals surface area (Å²) >= 11 is 0. The number of aliphatic hydroxyl groups excluding tert-OH is 1. The van der Waals surface area contributed by atoms with Crippen LogP contribution >= 0.6 is 0 Å². The van der Waals surface area contributed by atoms with Crippen molar-refractivity contribution >= 4 is 17.4 Å². The Morgan fingerprint density at radius 3 is 2.18 bits per heavy atom. The van der Waals surface area contributed by atoms with Gasteiger partial charge in [0.1, 0.15) is 5.76 Å².